The molecule has 0 atom stereocenters. The van der Waals surface area contributed by atoms with E-state index in [9.17, 15) is 8.78 Å². The highest BCUT2D eigenvalue weighted by molar-refractivity contribution is 5.71. The molecule has 3 heteroatoms. The second-order valence-electron chi connectivity index (χ2n) is 9.38. The summed E-state index contributed by atoms with van der Waals surface area (Å²) >= 11 is 0. The van der Waals surface area contributed by atoms with E-state index in [1.54, 1.807) is 12.1 Å². The SMILES string of the molecule is Cc1ccc(-c2ccc(-c3ccc(OCCCCCC4CCCCC4)c(F)c3F)cc2)cc1. The molecule has 0 aliphatic heterocycles. The van der Waals surface area contributed by atoms with Gasteiger partial charge in [-0.05, 0) is 48.1 Å². The molecule has 1 saturated carbocycles. The molecule has 0 unspecified atom stereocenters. The lowest BCUT2D eigenvalue weighted by atomic mass is 9.86. The van der Waals surface area contributed by atoms with Crippen LogP contribution in [-0.2, 0) is 0 Å². The number of halogens is 2. The number of hydrogen-bond donors (Lipinski definition) is 0. The van der Waals surface area contributed by atoms with Gasteiger partial charge in [-0.2, -0.15) is 4.39 Å². The van der Waals surface area contributed by atoms with Gasteiger partial charge in [0.25, 0.3) is 0 Å². The minimum atomic E-state index is -0.905. The number of hydrogen-bond acceptors (Lipinski definition) is 1. The topological polar surface area (TPSA) is 9.23 Å². The lowest BCUT2D eigenvalue weighted by molar-refractivity contribution is 0.278. The van der Waals surface area contributed by atoms with Crippen molar-refractivity contribution in [2.24, 2.45) is 5.92 Å². The quantitative estimate of drug-likeness (QED) is 0.297. The summed E-state index contributed by atoms with van der Waals surface area (Å²) in [6.07, 6.45) is 11.3. The molecule has 0 spiro atoms. The van der Waals surface area contributed by atoms with Crippen LogP contribution >= 0.6 is 0 Å². The number of rotatable bonds is 9. The third kappa shape index (κ3) is 6.22. The first-order valence-corrected chi connectivity index (χ1v) is 12.4. The van der Waals surface area contributed by atoms with Crippen molar-refractivity contribution in [3.63, 3.8) is 0 Å². The Labute approximate surface area is 196 Å². The lowest BCUT2D eigenvalue weighted by Gasteiger charge is -2.21. The van der Waals surface area contributed by atoms with E-state index in [1.165, 1.54) is 50.5 Å². The van der Waals surface area contributed by atoms with Gasteiger partial charge in [0.1, 0.15) is 0 Å². The molecule has 1 nitrogen and oxygen atoms in total. The maximum absolute atomic E-state index is 14.8. The molecular weight excluding hydrogens is 414 g/mol. The van der Waals surface area contributed by atoms with Crippen molar-refractivity contribution in [2.45, 2.75) is 64.7 Å². The molecule has 1 aliphatic carbocycles. The van der Waals surface area contributed by atoms with Crippen LogP contribution in [0.1, 0.15) is 63.4 Å². The van der Waals surface area contributed by atoms with Crippen molar-refractivity contribution in [2.75, 3.05) is 6.61 Å². The summed E-state index contributed by atoms with van der Waals surface area (Å²) in [7, 11) is 0. The standard InChI is InChI=1S/C30H34F2O/c1-22-11-13-24(14-12-22)25-15-17-26(18-16-25)27-19-20-28(30(32)29(27)31)33-21-7-3-6-10-23-8-4-2-5-9-23/h11-20,23H,2-10,21H2,1H3. The number of unbranched alkanes of at least 4 members (excludes halogenated alkanes) is 2. The first kappa shape index (κ1) is 23.5. The Morgan fingerprint density at radius 1 is 0.697 bits per heavy atom. The van der Waals surface area contributed by atoms with Crippen LogP contribution in [0.4, 0.5) is 8.78 Å². The molecule has 0 radical (unpaired) electrons. The van der Waals surface area contributed by atoms with E-state index < -0.39 is 11.6 Å². The van der Waals surface area contributed by atoms with E-state index in [-0.39, 0.29) is 11.3 Å². The van der Waals surface area contributed by atoms with Crippen molar-refractivity contribution < 1.29 is 13.5 Å². The molecule has 1 aliphatic rings. The summed E-state index contributed by atoms with van der Waals surface area (Å²) in [6.45, 7) is 2.47. The second-order valence-corrected chi connectivity index (χ2v) is 9.38. The van der Waals surface area contributed by atoms with Gasteiger partial charge in [0.15, 0.2) is 11.6 Å². The van der Waals surface area contributed by atoms with Gasteiger partial charge >= 0.3 is 0 Å². The fraction of sp³-hybridized carbons (Fsp3) is 0.400. The average molecular weight is 449 g/mol. The zero-order valence-electron chi connectivity index (χ0n) is 19.6. The van der Waals surface area contributed by atoms with Crippen molar-refractivity contribution in [3.8, 4) is 28.0 Å². The van der Waals surface area contributed by atoms with Crippen LogP contribution in [0.2, 0.25) is 0 Å². The Kier molecular flexibility index (Phi) is 8.15. The van der Waals surface area contributed by atoms with E-state index in [0.29, 0.717) is 12.2 Å². The van der Waals surface area contributed by atoms with E-state index in [2.05, 4.69) is 31.2 Å². The Balaban J connectivity index is 1.30. The van der Waals surface area contributed by atoms with Crippen LogP contribution < -0.4 is 4.74 Å². The minimum Gasteiger partial charge on any atom is -0.490 e. The van der Waals surface area contributed by atoms with E-state index in [4.69, 9.17) is 4.74 Å². The molecule has 3 aromatic carbocycles. The minimum absolute atomic E-state index is 0.000180. The monoisotopic (exact) mass is 448 g/mol. The molecule has 0 aromatic heterocycles. The van der Waals surface area contributed by atoms with E-state index in [0.717, 1.165) is 29.9 Å². The van der Waals surface area contributed by atoms with Crippen LogP contribution in [0.15, 0.2) is 60.7 Å². The Morgan fingerprint density at radius 3 is 2.03 bits per heavy atom. The third-order valence-electron chi connectivity index (χ3n) is 6.87. The Morgan fingerprint density at radius 2 is 1.33 bits per heavy atom. The van der Waals surface area contributed by atoms with Crippen molar-refractivity contribution >= 4 is 0 Å². The molecule has 0 N–H and O–H groups in total. The molecule has 0 bridgehead atoms. The van der Waals surface area contributed by atoms with Crippen LogP contribution in [-0.4, -0.2) is 6.61 Å². The summed E-state index contributed by atoms with van der Waals surface area (Å²) in [5, 5.41) is 0. The molecule has 0 saturated heterocycles. The maximum atomic E-state index is 14.8. The maximum Gasteiger partial charge on any atom is 0.201 e. The predicted octanol–water partition coefficient (Wildman–Crippen LogP) is 9.13. The van der Waals surface area contributed by atoms with E-state index >= 15 is 0 Å². The van der Waals surface area contributed by atoms with Crippen molar-refractivity contribution in [3.05, 3.63) is 77.9 Å². The summed E-state index contributed by atoms with van der Waals surface area (Å²) < 4.78 is 35.0. The summed E-state index contributed by atoms with van der Waals surface area (Å²) in [5.74, 6) is -0.866. The summed E-state index contributed by atoms with van der Waals surface area (Å²) in [5.41, 5.74) is 4.25. The van der Waals surface area contributed by atoms with Gasteiger partial charge in [-0.3, -0.25) is 0 Å². The van der Waals surface area contributed by atoms with Crippen LogP contribution in [0.5, 0.6) is 5.75 Å². The van der Waals surface area contributed by atoms with Gasteiger partial charge in [0.2, 0.25) is 5.82 Å². The van der Waals surface area contributed by atoms with Crippen LogP contribution in [0, 0.1) is 24.5 Å². The molecule has 33 heavy (non-hydrogen) atoms. The highest BCUT2D eigenvalue weighted by Gasteiger charge is 2.16. The Bertz CT molecular complexity index is 1020. The van der Waals surface area contributed by atoms with Gasteiger partial charge in [0, 0.05) is 5.56 Å². The van der Waals surface area contributed by atoms with Gasteiger partial charge in [-0.25, -0.2) is 4.39 Å². The first-order chi connectivity index (χ1) is 16.1. The molecule has 174 valence electrons. The molecule has 4 rings (SSSR count). The van der Waals surface area contributed by atoms with Crippen molar-refractivity contribution in [1.82, 2.24) is 0 Å². The van der Waals surface area contributed by atoms with Gasteiger partial charge in [-0.1, -0.05) is 105 Å². The number of aryl methyl sites for hydroxylation is 1. The van der Waals surface area contributed by atoms with Gasteiger partial charge < -0.3 is 4.74 Å². The number of ether oxygens (including phenoxy) is 1. The van der Waals surface area contributed by atoms with Crippen molar-refractivity contribution in [1.29, 1.82) is 0 Å². The molecular formula is C30H34F2O. The smallest absolute Gasteiger partial charge is 0.201 e. The second kappa shape index (κ2) is 11.4. The molecule has 3 aromatic rings. The lowest BCUT2D eigenvalue weighted by Crippen LogP contribution is -2.06. The normalized spacial score (nSPS) is 14.4. The highest BCUT2D eigenvalue weighted by Crippen LogP contribution is 2.32. The summed E-state index contributed by atoms with van der Waals surface area (Å²) in [6, 6.07) is 19.0. The Hall–Kier alpha value is -2.68. The summed E-state index contributed by atoms with van der Waals surface area (Å²) in [4.78, 5) is 0. The van der Waals surface area contributed by atoms with Gasteiger partial charge in [-0.15, -0.1) is 0 Å². The zero-order chi connectivity index (χ0) is 23.0. The first-order valence-electron chi connectivity index (χ1n) is 12.4. The molecule has 1 fully saturated rings. The zero-order valence-corrected chi connectivity index (χ0v) is 19.6. The molecule has 0 heterocycles. The van der Waals surface area contributed by atoms with Crippen LogP contribution in [0.25, 0.3) is 22.3 Å². The predicted molar refractivity (Wildman–Crippen MR) is 133 cm³/mol. The molecule has 0 amide bonds. The van der Waals surface area contributed by atoms with Crippen LogP contribution in [0.3, 0.4) is 0 Å². The fourth-order valence-corrected chi connectivity index (χ4v) is 4.82. The largest absolute Gasteiger partial charge is 0.490 e. The highest BCUT2D eigenvalue weighted by atomic mass is 19.2. The average Bonchev–Trinajstić information content (AvgIpc) is 2.85. The number of benzene rings is 3. The van der Waals surface area contributed by atoms with Gasteiger partial charge in [0.05, 0.1) is 6.61 Å². The fourth-order valence-electron chi connectivity index (χ4n) is 4.82. The van der Waals surface area contributed by atoms with E-state index in [1.807, 2.05) is 24.3 Å². The third-order valence-corrected chi connectivity index (χ3v) is 6.87.